The minimum absolute atomic E-state index is 0.0271. The topological polar surface area (TPSA) is 200 Å². The Balaban J connectivity index is 0.000000177. The van der Waals surface area contributed by atoms with Crippen LogP contribution in [0, 0.1) is 41.5 Å². The Kier molecular flexibility index (Phi) is 17.2. The number of aromatic nitrogens is 10. The van der Waals surface area contributed by atoms with Crippen LogP contribution in [-0.2, 0) is 23.7 Å². The lowest BCUT2D eigenvalue weighted by molar-refractivity contribution is 0.0861. The van der Waals surface area contributed by atoms with Crippen molar-refractivity contribution >= 4 is 66.6 Å². The van der Waals surface area contributed by atoms with Gasteiger partial charge in [0.25, 0.3) is 0 Å². The molecular weight excluding hydrogens is 1020 g/mol. The number of aryl methyl sites for hydroxylation is 8. The van der Waals surface area contributed by atoms with Gasteiger partial charge < -0.3 is 18.9 Å². The number of hydrogen-bond acceptors (Lipinski definition) is 16. The van der Waals surface area contributed by atoms with E-state index in [-0.39, 0.29) is 11.6 Å². The Hall–Kier alpha value is -5.30. The third-order valence-corrected chi connectivity index (χ3v) is 12.9. The maximum atomic E-state index is 13.2. The van der Waals surface area contributed by atoms with Crippen molar-refractivity contribution in [1.82, 2.24) is 50.8 Å². The lowest BCUT2D eigenvalue weighted by atomic mass is 9.69. The van der Waals surface area contributed by atoms with Gasteiger partial charge in [0.2, 0.25) is 23.5 Å². The molecule has 0 amide bonds. The molecule has 0 saturated carbocycles. The van der Waals surface area contributed by atoms with Crippen LogP contribution in [-0.4, -0.2) is 90.8 Å². The van der Waals surface area contributed by atoms with Gasteiger partial charge in [-0.05, 0) is 159 Å². The minimum atomic E-state index is -0.712. The summed E-state index contributed by atoms with van der Waals surface area (Å²) in [6.45, 7) is 15.3. The highest BCUT2D eigenvalue weighted by molar-refractivity contribution is 9.10. The number of fused-ring (bicyclic) bond motifs is 2. The van der Waals surface area contributed by atoms with E-state index in [0.29, 0.717) is 82.0 Å². The molecule has 16 nitrogen and oxygen atoms in total. The highest BCUT2D eigenvalue weighted by Crippen LogP contribution is 2.41. The summed E-state index contributed by atoms with van der Waals surface area (Å²) in [6, 6.07) is 10.8. The number of methoxy groups -OCH3 is 4. The van der Waals surface area contributed by atoms with Crippen LogP contribution in [0.5, 0.6) is 23.5 Å². The number of hydrogen-bond donors (Lipinski definition) is 0. The van der Waals surface area contributed by atoms with Crippen molar-refractivity contribution in [2.45, 2.75) is 91.9 Å². The van der Waals surface area contributed by atoms with Gasteiger partial charge in [-0.15, -0.1) is 30.6 Å². The number of halogens is 4. The van der Waals surface area contributed by atoms with Crippen LogP contribution in [0.4, 0.5) is 0 Å². The van der Waals surface area contributed by atoms with E-state index < -0.39 is 10.8 Å². The van der Waals surface area contributed by atoms with Gasteiger partial charge in [-0.25, -0.2) is 9.97 Å². The lowest BCUT2D eigenvalue weighted by Gasteiger charge is -2.33. The Labute approximate surface area is 410 Å². The van der Waals surface area contributed by atoms with Crippen LogP contribution < -0.4 is 18.9 Å². The molecule has 0 N–H and O–H groups in total. The first-order chi connectivity index (χ1) is 31.2. The molecule has 0 radical (unpaired) electrons. The quantitative estimate of drug-likeness (QED) is 0.143. The Bertz CT molecular complexity index is 2790. The minimum Gasteiger partial charge on any atom is -0.480 e. The molecule has 20 heteroatoms. The first kappa shape index (κ1) is 51.7. The highest BCUT2D eigenvalue weighted by atomic mass is 79.9. The molecule has 0 spiro atoms. The summed E-state index contributed by atoms with van der Waals surface area (Å²) >= 11 is 18.5. The normalized spacial score (nSPS) is 17.0. The van der Waals surface area contributed by atoms with Crippen LogP contribution in [0.1, 0.15) is 104 Å². The predicted octanol–water partition coefficient (Wildman–Crippen LogP) is 9.59. The maximum absolute atomic E-state index is 13.2. The molecule has 0 bridgehead atoms. The van der Waals surface area contributed by atoms with Crippen LogP contribution in [0.2, 0.25) is 10.3 Å². The first-order valence-corrected chi connectivity index (χ1v) is 22.8. The molecule has 2 aliphatic carbocycles. The molecule has 6 heterocycles. The smallest absolute Gasteiger partial charge is 0.236 e. The summed E-state index contributed by atoms with van der Waals surface area (Å²) in [5, 5.41) is 32.6. The Morgan fingerprint density at radius 3 is 1.45 bits per heavy atom. The molecule has 0 aliphatic heterocycles. The van der Waals surface area contributed by atoms with E-state index in [1.54, 1.807) is 40.6 Å². The van der Waals surface area contributed by atoms with Crippen molar-refractivity contribution in [2.75, 3.05) is 28.4 Å². The zero-order chi connectivity index (χ0) is 48.7. The number of Topliss-reactive ketones (excluding diaryl/α,β-unsaturated/α-hetero) is 2. The molecule has 0 aromatic carbocycles. The van der Waals surface area contributed by atoms with Gasteiger partial charge in [0, 0.05) is 34.4 Å². The first-order valence-electron chi connectivity index (χ1n) is 20.5. The van der Waals surface area contributed by atoms with Crippen LogP contribution in [0.15, 0.2) is 45.6 Å². The molecule has 2 unspecified atom stereocenters. The molecule has 348 valence electrons. The van der Waals surface area contributed by atoms with E-state index in [9.17, 15) is 9.59 Å². The summed E-state index contributed by atoms with van der Waals surface area (Å²) in [4.78, 5) is 35.0. The lowest BCUT2D eigenvalue weighted by Crippen LogP contribution is -2.40. The number of carbonyl (C=O) groups is 2. The van der Waals surface area contributed by atoms with Gasteiger partial charge in [-0.3, -0.25) is 9.59 Å². The van der Waals surface area contributed by atoms with E-state index in [1.165, 1.54) is 0 Å². The summed E-state index contributed by atoms with van der Waals surface area (Å²) in [5.41, 5.74) is 8.29. The van der Waals surface area contributed by atoms with E-state index in [0.717, 1.165) is 54.0 Å². The van der Waals surface area contributed by atoms with Gasteiger partial charge in [-0.2, -0.15) is 10.2 Å². The Morgan fingerprint density at radius 2 is 0.985 bits per heavy atom. The third kappa shape index (κ3) is 11.4. The third-order valence-electron chi connectivity index (χ3n) is 11.3. The molecule has 2 aliphatic rings. The molecule has 6 aromatic rings. The number of ketones is 2. The summed E-state index contributed by atoms with van der Waals surface area (Å²) in [6.07, 6.45) is 2.64. The number of pyridine rings is 2. The second-order valence-electron chi connectivity index (χ2n) is 16.0. The summed E-state index contributed by atoms with van der Waals surface area (Å²) in [5.74, 6) is 2.10. The number of rotatable bonds is 6. The van der Waals surface area contributed by atoms with Crippen LogP contribution >= 0.6 is 55.1 Å². The van der Waals surface area contributed by atoms with Crippen molar-refractivity contribution in [3.05, 3.63) is 123 Å². The summed E-state index contributed by atoms with van der Waals surface area (Å²) < 4.78 is 21.5. The van der Waals surface area contributed by atoms with Crippen molar-refractivity contribution in [3.63, 3.8) is 0 Å². The van der Waals surface area contributed by atoms with Gasteiger partial charge in [0.05, 0.1) is 62.0 Å². The molecule has 0 saturated heterocycles. The Morgan fingerprint density at radius 1 is 0.515 bits per heavy atom. The van der Waals surface area contributed by atoms with Gasteiger partial charge in [0.15, 0.2) is 11.6 Å². The van der Waals surface area contributed by atoms with Crippen molar-refractivity contribution in [3.8, 4) is 23.5 Å². The molecule has 2 atom stereocenters. The fraction of sp³-hybridized carbons (Fsp3) is 0.391. The SMILES string of the molecule is COc1cc(C)c(Br)nn1.COc1cc(C)c(C2(C)CCc3nc(Cl)cc(C)c3C2=O)nn1.COc1nnc(Br)cc1C.COc1nnc(C2(C)CCc3nc(Cl)cc(C)c3C2=O)cc1C. The van der Waals surface area contributed by atoms with Crippen LogP contribution in [0.25, 0.3) is 0 Å². The molecule has 66 heavy (non-hydrogen) atoms. The number of nitrogens with zero attached hydrogens (tertiary/aromatic N) is 10. The molecule has 6 aromatic heterocycles. The van der Waals surface area contributed by atoms with E-state index in [1.807, 2.05) is 79.7 Å². The zero-order valence-corrected chi connectivity index (χ0v) is 43.4. The fourth-order valence-electron chi connectivity index (χ4n) is 7.60. The molecule has 0 fully saturated rings. The second kappa shape index (κ2) is 22.0. The van der Waals surface area contributed by atoms with Gasteiger partial charge in [-0.1, -0.05) is 23.2 Å². The van der Waals surface area contributed by atoms with E-state index in [2.05, 4.69) is 82.6 Å². The second-order valence-corrected chi connectivity index (χ2v) is 18.4. The van der Waals surface area contributed by atoms with Gasteiger partial charge >= 0.3 is 0 Å². The fourth-order valence-corrected chi connectivity index (χ4v) is 8.75. The number of carbonyl (C=O) groups excluding carboxylic acids is 2. The zero-order valence-electron chi connectivity index (χ0n) is 38.7. The van der Waals surface area contributed by atoms with Crippen LogP contribution in [0.3, 0.4) is 0 Å². The maximum Gasteiger partial charge on any atom is 0.236 e. The highest BCUT2D eigenvalue weighted by Gasteiger charge is 2.45. The monoisotopic (exact) mass is 1070 g/mol. The van der Waals surface area contributed by atoms with Gasteiger partial charge in [0.1, 0.15) is 19.5 Å². The van der Waals surface area contributed by atoms with Crippen molar-refractivity contribution in [1.29, 1.82) is 0 Å². The van der Waals surface area contributed by atoms with Crippen molar-refractivity contribution in [2.24, 2.45) is 0 Å². The van der Waals surface area contributed by atoms with E-state index in [4.69, 9.17) is 42.1 Å². The molecule has 8 rings (SSSR count). The number of ether oxygens (including phenoxy) is 4. The molecular formula is C46H50Br2Cl2N10O6. The average molecular weight is 1070 g/mol. The largest absolute Gasteiger partial charge is 0.480 e. The standard InChI is InChI=1S/2C17H18ClN3O2.2C6H7BrN2O/c1-9-8-13(18)19-11-5-6-17(3,15(22)14(9)11)12-7-10(2)16(23-4)21-20-12;1-9-7-12(18)19-11-5-6-17(3,16(22)14(9)11)15-10(2)8-13(23-4)20-21-15;1-4-3-5(10-2)8-9-6(4)7;1-4-3-5(7)8-9-6(4)10-2/h2*7-8H,5-6H2,1-4H3;2*3H,1-2H3. The summed E-state index contributed by atoms with van der Waals surface area (Å²) in [7, 11) is 6.24. The predicted molar refractivity (Wildman–Crippen MR) is 257 cm³/mol. The average Bonchev–Trinajstić information content (AvgIpc) is 3.27. The van der Waals surface area contributed by atoms with E-state index >= 15 is 0 Å². The van der Waals surface area contributed by atoms with Crippen molar-refractivity contribution < 1.29 is 28.5 Å².